The molecule has 0 bridgehead atoms. The highest BCUT2D eigenvalue weighted by molar-refractivity contribution is 7.91. The Morgan fingerprint density at radius 2 is 2.17 bits per heavy atom. The average molecular weight is 288 g/mol. The Balaban J connectivity index is 2.17. The lowest BCUT2D eigenvalue weighted by Gasteiger charge is -2.39. The molecule has 6 heteroatoms. The zero-order valence-corrected chi connectivity index (χ0v) is 12.6. The number of hydrogen-bond donors (Lipinski definition) is 2. The molecule has 1 saturated heterocycles. The van der Waals surface area contributed by atoms with Crippen LogP contribution in [0.4, 0.5) is 0 Å². The smallest absolute Gasteiger partial charge is 0.250 e. The first-order valence-corrected chi connectivity index (χ1v) is 8.41. The van der Waals surface area contributed by atoms with Gasteiger partial charge in [-0.3, -0.25) is 0 Å². The summed E-state index contributed by atoms with van der Waals surface area (Å²) in [6.45, 7) is 7.79. The van der Waals surface area contributed by atoms with Gasteiger partial charge >= 0.3 is 0 Å². The Morgan fingerprint density at radius 1 is 1.44 bits per heavy atom. The van der Waals surface area contributed by atoms with Crippen molar-refractivity contribution >= 4 is 21.4 Å². The average Bonchev–Trinajstić information content (AvgIpc) is 2.69. The predicted molar refractivity (Wildman–Crippen MR) is 74.4 cm³/mol. The van der Waals surface area contributed by atoms with Crippen molar-refractivity contribution in [1.82, 2.24) is 10.0 Å². The van der Waals surface area contributed by atoms with E-state index < -0.39 is 10.0 Å². The van der Waals surface area contributed by atoms with Crippen LogP contribution in [0.3, 0.4) is 0 Å². The van der Waals surface area contributed by atoms with Crippen LogP contribution in [-0.4, -0.2) is 27.5 Å². The second kappa shape index (κ2) is 4.92. The first kappa shape index (κ1) is 14.0. The van der Waals surface area contributed by atoms with Gasteiger partial charge in [-0.05, 0) is 37.4 Å². The molecular weight excluding hydrogens is 268 g/mol. The Kier molecular flexibility index (Phi) is 3.82. The minimum absolute atomic E-state index is 0.00819. The van der Waals surface area contributed by atoms with E-state index in [1.807, 2.05) is 13.0 Å². The van der Waals surface area contributed by atoms with Crippen LogP contribution in [0.1, 0.15) is 25.1 Å². The first-order valence-electron chi connectivity index (χ1n) is 6.11. The highest BCUT2D eigenvalue weighted by Gasteiger charge is 2.35. The fourth-order valence-electron chi connectivity index (χ4n) is 2.19. The van der Waals surface area contributed by atoms with Gasteiger partial charge < -0.3 is 5.32 Å². The SMILES string of the molecule is Cc1ccc(S(=O)(=O)NC2CCNCC2(C)C)s1. The van der Waals surface area contributed by atoms with Gasteiger partial charge in [0.15, 0.2) is 0 Å². The van der Waals surface area contributed by atoms with Crippen molar-refractivity contribution < 1.29 is 8.42 Å². The molecule has 1 aromatic rings. The molecule has 0 radical (unpaired) electrons. The first-order chi connectivity index (χ1) is 8.31. The highest BCUT2D eigenvalue weighted by Crippen LogP contribution is 2.28. The molecule has 1 atom stereocenters. The van der Waals surface area contributed by atoms with Crippen molar-refractivity contribution in [3.05, 3.63) is 17.0 Å². The maximum absolute atomic E-state index is 12.3. The van der Waals surface area contributed by atoms with E-state index in [2.05, 4.69) is 23.9 Å². The van der Waals surface area contributed by atoms with Crippen molar-refractivity contribution in [2.45, 2.75) is 37.4 Å². The summed E-state index contributed by atoms with van der Waals surface area (Å²) >= 11 is 1.32. The van der Waals surface area contributed by atoms with E-state index in [9.17, 15) is 8.42 Å². The number of nitrogens with one attached hydrogen (secondary N) is 2. The normalized spacial score (nSPS) is 24.1. The number of hydrogen-bond acceptors (Lipinski definition) is 4. The van der Waals surface area contributed by atoms with E-state index in [4.69, 9.17) is 0 Å². The Morgan fingerprint density at radius 3 is 2.72 bits per heavy atom. The van der Waals surface area contributed by atoms with Crippen molar-refractivity contribution in [2.24, 2.45) is 5.41 Å². The second-order valence-corrected chi connectivity index (χ2v) is 8.72. The van der Waals surface area contributed by atoms with Crippen LogP contribution < -0.4 is 10.0 Å². The fraction of sp³-hybridized carbons (Fsp3) is 0.667. The summed E-state index contributed by atoms with van der Waals surface area (Å²) in [7, 11) is -3.37. The second-order valence-electron chi connectivity index (χ2n) is 5.49. The lowest BCUT2D eigenvalue weighted by Crippen LogP contribution is -2.54. The summed E-state index contributed by atoms with van der Waals surface area (Å²) in [6, 6.07) is 3.51. The maximum atomic E-state index is 12.3. The Bertz CT molecular complexity index is 520. The molecule has 2 heterocycles. The van der Waals surface area contributed by atoms with Crippen molar-refractivity contribution in [2.75, 3.05) is 13.1 Å². The minimum atomic E-state index is -3.37. The van der Waals surface area contributed by atoms with E-state index in [0.29, 0.717) is 4.21 Å². The van der Waals surface area contributed by atoms with Crippen LogP contribution in [0.2, 0.25) is 0 Å². The van der Waals surface area contributed by atoms with Crippen LogP contribution in [0.15, 0.2) is 16.3 Å². The number of piperidine rings is 1. The summed E-state index contributed by atoms with van der Waals surface area (Å²) in [5.74, 6) is 0. The third kappa shape index (κ3) is 2.93. The molecular formula is C12H20N2O2S2. The topological polar surface area (TPSA) is 58.2 Å². The van der Waals surface area contributed by atoms with Gasteiger partial charge in [0.2, 0.25) is 10.0 Å². The summed E-state index contributed by atoms with van der Waals surface area (Å²) in [6.07, 6.45) is 0.830. The van der Waals surface area contributed by atoms with E-state index in [1.165, 1.54) is 11.3 Å². The van der Waals surface area contributed by atoms with E-state index in [1.54, 1.807) is 6.07 Å². The lowest BCUT2D eigenvalue weighted by molar-refractivity contribution is 0.206. The molecule has 1 fully saturated rings. The van der Waals surface area contributed by atoms with Crippen molar-refractivity contribution in [3.63, 3.8) is 0 Å². The van der Waals surface area contributed by atoms with E-state index in [-0.39, 0.29) is 11.5 Å². The number of rotatable bonds is 3. The molecule has 1 aliphatic rings. The van der Waals surface area contributed by atoms with Crippen LogP contribution in [-0.2, 0) is 10.0 Å². The van der Waals surface area contributed by atoms with Gasteiger partial charge in [-0.25, -0.2) is 13.1 Å². The summed E-state index contributed by atoms with van der Waals surface area (Å²) in [4.78, 5) is 1.01. The molecule has 102 valence electrons. The Labute approximate surface area is 113 Å². The zero-order valence-electron chi connectivity index (χ0n) is 11.0. The van der Waals surface area contributed by atoms with Gasteiger partial charge in [0.05, 0.1) is 0 Å². The van der Waals surface area contributed by atoms with Gasteiger partial charge in [-0.1, -0.05) is 13.8 Å². The van der Waals surface area contributed by atoms with Crippen molar-refractivity contribution in [1.29, 1.82) is 0 Å². The number of sulfonamides is 1. The molecule has 0 saturated carbocycles. The molecule has 0 amide bonds. The summed E-state index contributed by atoms with van der Waals surface area (Å²) in [5.41, 5.74) is -0.0579. The fourth-order valence-corrected chi connectivity index (χ4v) is 4.93. The van der Waals surface area contributed by atoms with Gasteiger partial charge in [0.25, 0.3) is 0 Å². The highest BCUT2D eigenvalue weighted by atomic mass is 32.2. The quantitative estimate of drug-likeness (QED) is 0.890. The third-order valence-corrected chi connectivity index (χ3v) is 6.38. The van der Waals surface area contributed by atoms with Crippen LogP contribution >= 0.6 is 11.3 Å². The number of aryl methyl sites for hydroxylation is 1. The van der Waals surface area contributed by atoms with Crippen molar-refractivity contribution in [3.8, 4) is 0 Å². The molecule has 2 rings (SSSR count). The molecule has 4 nitrogen and oxygen atoms in total. The molecule has 0 aromatic carbocycles. The molecule has 1 aromatic heterocycles. The monoisotopic (exact) mass is 288 g/mol. The van der Waals surface area contributed by atoms with E-state index >= 15 is 0 Å². The van der Waals surface area contributed by atoms with Crippen LogP contribution in [0.25, 0.3) is 0 Å². The van der Waals surface area contributed by atoms with Gasteiger partial charge in [-0.15, -0.1) is 11.3 Å². The standard InChI is InChI=1S/C12H20N2O2S2/c1-9-4-5-11(17-9)18(15,16)14-10-6-7-13-8-12(10,2)3/h4-5,10,13-14H,6-8H2,1-3H3. The lowest BCUT2D eigenvalue weighted by atomic mass is 9.81. The number of thiophene rings is 1. The van der Waals surface area contributed by atoms with Gasteiger partial charge in [0, 0.05) is 17.5 Å². The summed E-state index contributed by atoms with van der Waals surface area (Å²) < 4.78 is 27.8. The third-order valence-electron chi connectivity index (χ3n) is 3.41. The molecule has 0 aliphatic carbocycles. The molecule has 1 aliphatic heterocycles. The van der Waals surface area contributed by atoms with Gasteiger partial charge in [-0.2, -0.15) is 0 Å². The predicted octanol–water partition coefficient (Wildman–Crippen LogP) is 1.72. The molecule has 0 spiro atoms. The molecule has 2 N–H and O–H groups in total. The van der Waals surface area contributed by atoms with Crippen LogP contribution in [0.5, 0.6) is 0 Å². The van der Waals surface area contributed by atoms with Gasteiger partial charge in [0.1, 0.15) is 4.21 Å². The maximum Gasteiger partial charge on any atom is 0.250 e. The zero-order chi connectivity index (χ0) is 13.4. The Hall–Kier alpha value is -0.430. The summed E-state index contributed by atoms with van der Waals surface area (Å²) in [5, 5.41) is 3.30. The minimum Gasteiger partial charge on any atom is -0.316 e. The largest absolute Gasteiger partial charge is 0.316 e. The van der Waals surface area contributed by atoms with Crippen LogP contribution in [0, 0.1) is 12.3 Å². The molecule has 18 heavy (non-hydrogen) atoms. The molecule has 1 unspecified atom stereocenters. The van der Waals surface area contributed by atoms with E-state index in [0.717, 1.165) is 24.4 Å².